The second-order valence-corrected chi connectivity index (χ2v) is 3.99. The highest BCUT2D eigenvalue weighted by Crippen LogP contribution is 2.21. The number of aromatic nitrogens is 2. The molecule has 0 aliphatic heterocycles. The number of hydrogen-bond acceptors (Lipinski definition) is 4. The summed E-state index contributed by atoms with van der Waals surface area (Å²) in [7, 11) is 0. The molecular weight excluding hydrogens is 194 g/mol. The Labute approximate surface area is 86.8 Å². The van der Waals surface area contributed by atoms with E-state index in [0.29, 0.717) is 6.04 Å². The molecule has 3 nitrogen and oxygen atoms in total. The number of nitrogens with one attached hydrogen (secondary N) is 1. The van der Waals surface area contributed by atoms with E-state index in [9.17, 15) is 0 Å². The van der Waals surface area contributed by atoms with Gasteiger partial charge in [0.25, 0.3) is 0 Å². The van der Waals surface area contributed by atoms with Crippen molar-refractivity contribution in [2.24, 2.45) is 0 Å². The van der Waals surface area contributed by atoms with E-state index in [0.717, 1.165) is 5.69 Å². The third-order valence-electron chi connectivity index (χ3n) is 1.91. The van der Waals surface area contributed by atoms with E-state index in [4.69, 9.17) is 0 Å². The first-order valence-corrected chi connectivity index (χ1v) is 5.29. The van der Waals surface area contributed by atoms with E-state index in [2.05, 4.69) is 39.7 Å². The zero-order chi connectivity index (χ0) is 9.80. The average molecular weight is 205 g/mol. The summed E-state index contributed by atoms with van der Waals surface area (Å²) >= 11 is 1.75. The van der Waals surface area contributed by atoms with Crippen LogP contribution >= 0.6 is 11.3 Å². The lowest BCUT2D eigenvalue weighted by Gasteiger charge is -2.12. The largest absolute Gasteiger partial charge is 0.375 e. The number of hydrogen-bond donors (Lipinski definition) is 1. The van der Waals surface area contributed by atoms with Crippen molar-refractivity contribution in [1.29, 1.82) is 0 Å². The molecule has 0 radical (unpaired) electrons. The molecule has 0 aliphatic carbocycles. The van der Waals surface area contributed by atoms with Gasteiger partial charge in [-0.05, 0) is 18.4 Å². The van der Waals surface area contributed by atoms with Crippen molar-refractivity contribution in [3.05, 3.63) is 41.1 Å². The van der Waals surface area contributed by atoms with Crippen LogP contribution in [0.15, 0.2) is 36.2 Å². The van der Waals surface area contributed by atoms with E-state index in [1.807, 2.05) is 0 Å². The van der Waals surface area contributed by atoms with Crippen LogP contribution in [0.25, 0.3) is 0 Å². The molecule has 1 N–H and O–H groups in total. The molecule has 0 bridgehead atoms. The van der Waals surface area contributed by atoms with Crippen molar-refractivity contribution in [3.63, 3.8) is 0 Å². The maximum absolute atomic E-state index is 3.95. The molecule has 0 fully saturated rings. The summed E-state index contributed by atoms with van der Waals surface area (Å²) in [5, 5.41) is 5.41. The molecule has 0 aromatic carbocycles. The van der Waals surface area contributed by atoms with Crippen molar-refractivity contribution in [2.75, 3.05) is 5.32 Å². The Morgan fingerprint density at radius 3 is 2.79 bits per heavy atom. The van der Waals surface area contributed by atoms with E-state index >= 15 is 0 Å². The van der Waals surface area contributed by atoms with Crippen LogP contribution in [0.5, 0.6) is 0 Å². The molecule has 2 aromatic heterocycles. The Hall–Kier alpha value is -1.42. The van der Waals surface area contributed by atoms with E-state index in [1.54, 1.807) is 23.7 Å². The molecular formula is C10H11N3S. The van der Waals surface area contributed by atoms with Crippen LogP contribution in [-0.4, -0.2) is 9.97 Å². The van der Waals surface area contributed by atoms with Gasteiger partial charge in [0, 0.05) is 4.88 Å². The van der Waals surface area contributed by atoms with Gasteiger partial charge in [0.05, 0.1) is 24.1 Å². The summed E-state index contributed by atoms with van der Waals surface area (Å²) in [5.74, 6) is 0. The lowest BCUT2D eigenvalue weighted by molar-refractivity contribution is 0.902. The second kappa shape index (κ2) is 4.19. The average Bonchev–Trinajstić information content (AvgIpc) is 2.72. The Balaban J connectivity index is 2.06. The van der Waals surface area contributed by atoms with Gasteiger partial charge in [-0.25, -0.2) is 9.97 Å². The summed E-state index contributed by atoms with van der Waals surface area (Å²) in [4.78, 5) is 9.21. The Bertz CT molecular complexity index is 372. The topological polar surface area (TPSA) is 37.8 Å². The van der Waals surface area contributed by atoms with Gasteiger partial charge in [-0.2, -0.15) is 0 Å². The molecule has 1 unspecified atom stereocenters. The van der Waals surface area contributed by atoms with Crippen LogP contribution in [0.2, 0.25) is 0 Å². The highest BCUT2D eigenvalue weighted by Gasteiger charge is 2.05. The van der Waals surface area contributed by atoms with E-state index in [1.165, 1.54) is 11.2 Å². The van der Waals surface area contributed by atoms with Crippen LogP contribution in [0.3, 0.4) is 0 Å². The van der Waals surface area contributed by atoms with Crippen molar-refractivity contribution in [3.8, 4) is 0 Å². The Morgan fingerprint density at radius 1 is 1.36 bits per heavy atom. The predicted molar refractivity (Wildman–Crippen MR) is 58.4 cm³/mol. The maximum atomic E-state index is 3.95. The van der Waals surface area contributed by atoms with Crippen LogP contribution in [0.4, 0.5) is 5.69 Å². The monoisotopic (exact) mass is 205 g/mol. The summed E-state index contributed by atoms with van der Waals surface area (Å²) in [6.07, 6.45) is 5.08. The quantitative estimate of drug-likeness (QED) is 0.837. The van der Waals surface area contributed by atoms with Gasteiger partial charge in [0.2, 0.25) is 0 Å². The van der Waals surface area contributed by atoms with Gasteiger partial charge in [0.1, 0.15) is 6.33 Å². The van der Waals surface area contributed by atoms with Gasteiger partial charge in [0.15, 0.2) is 0 Å². The summed E-state index contributed by atoms with van der Waals surface area (Å²) < 4.78 is 0. The van der Waals surface area contributed by atoms with E-state index < -0.39 is 0 Å². The minimum atomic E-state index is 0.306. The van der Waals surface area contributed by atoms with Crippen molar-refractivity contribution in [1.82, 2.24) is 9.97 Å². The van der Waals surface area contributed by atoms with Gasteiger partial charge < -0.3 is 5.32 Å². The molecule has 2 rings (SSSR count). The molecule has 0 aliphatic rings. The fourth-order valence-corrected chi connectivity index (χ4v) is 1.97. The fourth-order valence-electron chi connectivity index (χ4n) is 1.23. The van der Waals surface area contributed by atoms with Crippen molar-refractivity contribution < 1.29 is 0 Å². The molecule has 2 heterocycles. The third kappa shape index (κ3) is 2.09. The van der Waals surface area contributed by atoms with Crippen molar-refractivity contribution in [2.45, 2.75) is 13.0 Å². The number of rotatable bonds is 3. The molecule has 2 aromatic rings. The summed E-state index contributed by atoms with van der Waals surface area (Å²) in [6.45, 7) is 2.12. The highest BCUT2D eigenvalue weighted by atomic mass is 32.1. The highest BCUT2D eigenvalue weighted by molar-refractivity contribution is 7.10. The molecule has 0 saturated carbocycles. The van der Waals surface area contributed by atoms with Crippen LogP contribution < -0.4 is 5.32 Å². The molecule has 14 heavy (non-hydrogen) atoms. The second-order valence-electron chi connectivity index (χ2n) is 3.01. The zero-order valence-corrected chi connectivity index (χ0v) is 8.66. The van der Waals surface area contributed by atoms with Crippen LogP contribution in [0.1, 0.15) is 17.8 Å². The molecule has 0 spiro atoms. The first-order valence-electron chi connectivity index (χ1n) is 4.41. The number of thiophene rings is 1. The fraction of sp³-hybridized carbons (Fsp3) is 0.200. The molecule has 0 saturated heterocycles. The van der Waals surface area contributed by atoms with Gasteiger partial charge in [-0.1, -0.05) is 6.07 Å². The zero-order valence-electron chi connectivity index (χ0n) is 7.84. The number of anilines is 1. The first-order chi connectivity index (χ1) is 6.86. The maximum Gasteiger partial charge on any atom is 0.115 e. The molecule has 1 atom stereocenters. The van der Waals surface area contributed by atoms with Crippen LogP contribution in [-0.2, 0) is 0 Å². The SMILES string of the molecule is CC(Nc1cncnc1)c1cccs1. The minimum Gasteiger partial charge on any atom is -0.375 e. The lowest BCUT2D eigenvalue weighted by Crippen LogP contribution is -2.05. The summed E-state index contributed by atoms with van der Waals surface area (Å²) in [6, 6.07) is 4.48. The molecule has 0 amide bonds. The Kier molecular flexibility index (Phi) is 2.74. The molecule has 4 heteroatoms. The standard InChI is InChI=1S/C10H11N3S/c1-8(10-3-2-4-14-10)13-9-5-11-7-12-6-9/h2-8,13H,1H3. The third-order valence-corrected chi connectivity index (χ3v) is 2.97. The normalized spacial score (nSPS) is 12.4. The van der Waals surface area contributed by atoms with Gasteiger partial charge in [-0.3, -0.25) is 0 Å². The number of nitrogens with zero attached hydrogens (tertiary/aromatic N) is 2. The van der Waals surface area contributed by atoms with Crippen molar-refractivity contribution >= 4 is 17.0 Å². The van der Waals surface area contributed by atoms with E-state index in [-0.39, 0.29) is 0 Å². The molecule has 72 valence electrons. The van der Waals surface area contributed by atoms with Gasteiger partial charge in [-0.15, -0.1) is 11.3 Å². The minimum absolute atomic E-state index is 0.306. The Morgan fingerprint density at radius 2 is 2.14 bits per heavy atom. The lowest BCUT2D eigenvalue weighted by atomic mass is 10.2. The first kappa shape index (κ1) is 9.15. The summed E-state index contributed by atoms with van der Waals surface area (Å²) in [5.41, 5.74) is 0.952. The smallest absolute Gasteiger partial charge is 0.115 e. The van der Waals surface area contributed by atoms with Crippen LogP contribution in [0, 0.1) is 0 Å². The predicted octanol–water partition coefficient (Wildman–Crippen LogP) is 2.71. The van der Waals surface area contributed by atoms with Gasteiger partial charge >= 0.3 is 0 Å².